The summed E-state index contributed by atoms with van der Waals surface area (Å²) < 4.78 is 5.47. The fourth-order valence-corrected chi connectivity index (χ4v) is 2.95. The molecule has 1 aliphatic heterocycles. The van der Waals surface area contributed by atoms with E-state index < -0.39 is 6.10 Å². The largest absolute Gasteiger partial charge is 0.476 e. The molecule has 2 unspecified atom stereocenters. The van der Waals surface area contributed by atoms with Gasteiger partial charge >= 0.3 is 0 Å². The Balaban J connectivity index is 1.81. The van der Waals surface area contributed by atoms with Crippen molar-refractivity contribution in [1.82, 2.24) is 9.80 Å². The van der Waals surface area contributed by atoms with Crippen LogP contribution in [-0.4, -0.2) is 59.8 Å². The summed E-state index contributed by atoms with van der Waals surface area (Å²) >= 11 is 0. The van der Waals surface area contributed by atoms with Crippen molar-refractivity contribution < 1.29 is 9.84 Å². The van der Waals surface area contributed by atoms with Crippen LogP contribution in [0.15, 0.2) is 24.3 Å². The van der Waals surface area contributed by atoms with E-state index in [0.29, 0.717) is 6.04 Å². The van der Waals surface area contributed by atoms with E-state index in [-0.39, 0.29) is 6.61 Å². The average molecular weight is 317 g/mol. The van der Waals surface area contributed by atoms with Gasteiger partial charge in [-0.2, -0.15) is 5.26 Å². The maximum absolute atomic E-state index is 9.40. The Morgan fingerprint density at radius 1 is 1.22 bits per heavy atom. The van der Waals surface area contributed by atoms with Gasteiger partial charge in [0.1, 0.15) is 11.8 Å². The number of hydrogen-bond acceptors (Lipinski definition) is 5. The first-order chi connectivity index (χ1) is 11.2. The van der Waals surface area contributed by atoms with Crippen molar-refractivity contribution in [2.75, 3.05) is 32.8 Å². The first kappa shape index (κ1) is 17.7. The molecule has 126 valence electrons. The van der Waals surface area contributed by atoms with Crippen molar-refractivity contribution in [3.8, 4) is 11.8 Å². The monoisotopic (exact) mass is 317 g/mol. The van der Waals surface area contributed by atoms with Crippen molar-refractivity contribution in [3.63, 3.8) is 0 Å². The smallest absolute Gasteiger partial charge is 0.181 e. The van der Waals surface area contributed by atoms with E-state index in [9.17, 15) is 5.11 Å². The van der Waals surface area contributed by atoms with E-state index in [2.05, 4.69) is 34.9 Å². The lowest BCUT2D eigenvalue weighted by molar-refractivity contribution is 0.0608. The summed E-state index contributed by atoms with van der Waals surface area (Å²) in [6, 6.07) is 10.4. The molecule has 1 aromatic rings. The molecule has 1 fully saturated rings. The molecule has 1 aliphatic rings. The SMILES string of the molecule is CCC(CO)N1CCN(Cc2ccc(OC(C)C#N)cc2)CC1. The maximum atomic E-state index is 9.40. The molecule has 0 spiro atoms. The van der Waals surface area contributed by atoms with Crippen LogP contribution in [0.1, 0.15) is 25.8 Å². The third kappa shape index (κ3) is 5.21. The summed E-state index contributed by atoms with van der Waals surface area (Å²) in [5, 5.41) is 18.2. The predicted molar refractivity (Wildman–Crippen MR) is 90.2 cm³/mol. The highest BCUT2D eigenvalue weighted by molar-refractivity contribution is 5.27. The van der Waals surface area contributed by atoms with Crippen molar-refractivity contribution in [3.05, 3.63) is 29.8 Å². The molecule has 0 aliphatic carbocycles. The van der Waals surface area contributed by atoms with Gasteiger partial charge in [0, 0.05) is 38.8 Å². The Bertz CT molecular complexity index is 500. The first-order valence-corrected chi connectivity index (χ1v) is 8.38. The van der Waals surface area contributed by atoms with E-state index in [1.165, 1.54) is 5.56 Å². The molecule has 2 rings (SSSR count). The summed E-state index contributed by atoms with van der Waals surface area (Å²) in [5.41, 5.74) is 1.25. The van der Waals surface area contributed by atoms with Crippen LogP contribution in [0.2, 0.25) is 0 Å². The van der Waals surface area contributed by atoms with Crippen molar-refractivity contribution >= 4 is 0 Å². The standard InChI is InChI=1S/C18H27N3O2/c1-3-17(14-22)21-10-8-20(9-11-21)13-16-4-6-18(7-5-16)23-15(2)12-19/h4-7,15,17,22H,3,8-11,13-14H2,1-2H3. The van der Waals surface area contributed by atoms with Crippen LogP contribution in [0.4, 0.5) is 0 Å². The Morgan fingerprint density at radius 3 is 2.39 bits per heavy atom. The number of aliphatic hydroxyl groups excluding tert-OH is 1. The zero-order chi connectivity index (χ0) is 16.7. The molecule has 1 aromatic carbocycles. The maximum Gasteiger partial charge on any atom is 0.181 e. The van der Waals surface area contributed by atoms with E-state index in [4.69, 9.17) is 10.00 Å². The molecular weight excluding hydrogens is 290 g/mol. The number of piperazine rings is 1. The van der Waals surface area contributed by atoms with Gasteiger partial charge in [0.25, 0.3) is 0 Å². The van der Waals surface area contributed by atoms with Gasteiger partial charge in [-0.25, -0.2) is 0 Å². The van der Waals surface area contributed by atoms with Crippen molar-refractivity contribution in [1.29, 1.82) is 5.26 Å². The molecule has 0 amide bonds. The van der Waals surface area contributed by atoms with Crippen LogP contribution in [-0.2, 0) is 6.54 Å². The number of rotatable bonds is 7. The lowest BCUT2D eigenvalue weighted by atomic mass is 10.1. The van der Waals surface area contributed by atoms with Crippen LogP contribution in [0, 0.1) is 11.3 Å². The van der Waals surface area contributed by atoms with Crippen LogP contribution in [0.25, 0.3) is 0 Å². The van der Waals surface area contributed by atoms with Gasteiger partial charge < -0.3 is 9.84 Å². The molecule has 1 N–H and O–H groups in total. The number of ether oxygens (including phenoxy) is 1. The quantitative estimate of drug-likeness (QED) is 0.832. The summed E-state index contributed by atoms with van der Waals surface area (Å²) in [6.45, 7) is 9.13. The third-order valence-corrected chi connectivity index (χ3v) is 4.43. The van der Waals surface area contributed by atoms with Gasteiger partial charge in [0.2, 0.25) is 0 Å². The van der Waals surface area contributed by atoms with Crippen LogP contribution < -0.4 is 4.74 Å². The second-order valence-electron chi connectivity index (χ2n) is 6.09. The van der Waals surface area contributed by atoms with Crippen molar-refractivity contribution in [2.45, 2.75) is 39.0 Å². The highest BCUT2D eigenvalue weighted by Gasteiger charge is 2.22. The Morgan fingerprint density at radius 2 is 1.87 bits per heavy atom. The normalized spacial score (nSPS) is 19.0. The van der Waals surface area contributed by atoms with E-state index in [1.54, 1.807) is 6.92 Å². The van der Waals surface area contributed by atoms with E-state index in [1.807, 2.05) is 12.1 Å². The van der Waals surface area contributed by atoms with Crippen LogP contribution in [0.3, 0.4) is 0 Å². The number of hydrogen-bond donors (Lipinski definition) is 1. The van der Waals surface area contributed by atoms with Gasteiger partial charge in [0.15, 0.2) is 6.10 Å². The molecule has 5 heteroatoms. The lowest BCUT2D eigenvalue weighted by Crippen LogP contribution is -2.50. The second kappa shape index (κ2) is 8.88. The molecule has 2 atom stereocenters. The minimum Gasteiger partial charge on any atom is -0.476 e. The molecule has 1 heterocycles. The Kier molecular flexibility index (Phi) is 6.85. The third-order valence-electron chi connectivity index (χ3n) is 4.43. The minimum atomic E-state index is -0.424. The van der Waals surface area contributed by atoms with Crippen LogP contribution >= 0.6 is 0 Å². The van der Waals surface area contributed by atoms with E-state index >= 15 is 0 Å². The highest BCUT2D eigenvalue weighted by atomic mass is 16.5. The van der Waals surface area contributed by atoms with Gasteiger partial charge in [-0.15, -0.1) is 0 Å². The lowest BCUT2D eigenvalue weighted by Gasteiger charge is -2.38. The number of nitrogens with zero attached hydrogens (tertiary/aromatic N) is 3. The molecule has 0 aromatic heterocycles. The first-order valence-electron chi connectivity index (χ1n) is 8.38. The topological polar surface area (TPSA) is 59.7 Å². The summed E-state index contributed by atoms with van der Waals surface area (Å²) in [7, 11) is 0. The number of nitriles is 1. The van der Waals surface area contributed by atoms with E-state index in [0.717, 1.165) is 44.9 Å². The molecule has 0 bridgehead atoms. The molecule has 0 radical (unpaired) electrons. The molecule has 5 nitrogen and oxygen atoms in total. The summed E-state index contributed by atoms with van der Waals surface area (Å²) in [5.74, 6) is 0.737. The highest BCUT2D eigenvalue weighted by Crippen LogP contribution is 2.16. The predicted octanol–water partition coefficient (Wildman–Crippen LogP) is 1.87. The fraction of sp³-hybridized carbons (Fsp3) is 0.611. The Hall–Kier alpha value is -1.61. The minimum absolute atomic E-state index is 0.249. The zero-order valence-corrected chi connectivity index (χ0v) is 14.1. The summed E-state index contributed by atoms with van der Waals surface area (Å²) in [4.78, 5) is 4.82. The second-order valence-corrected chi connectivity index (χ2v) is 6.09. The fourth-order valence-electron chi connectivity index (χ4n) is 2.95. The number of aliphatic hydroxyl groups is 1. The van der Waals surface area contributed by atoms with Gasteiger partial charge in [-0.1, -0.05) is 19.1 Å². The summed E-state index contributed by atoms with van der Waals surface area (Å²) in [6.07, 6.45) is 0.575. The molecule has 1 saturated heterocycles. The average Bonchev–Trinajstić information content (AvgIpc) is 2.59. The zero-order valence-electron chi connectivity index (χ0n) is 14.1. The Labute approximate surface area is 139 Å². The van der Waals surface area contributed by atoms with Crippen LogP contribution in [0.5, 0.6) is 5.75 Å². The molecular formula is C18H27N3O2. The number of benzene rings is 1. The van der Waals surface area contributed by atoms with Gasteiger partial charge in [-0.3, -0.25) is 9.80 Å². The van der Waals surface area contributed by atoms with Crippen molar-refractivity contribution in [2.24, 2.45) is 0 Å². The molecule has 0 saturated carbocycles. The molecule has 23 heavy (non-hydrogen) atoms. The van der Waals surface area contributed by atoms with Gasteiger partial charge in [-0.05, 0) is 31.0 Å². The van der Waals surface area contributed by atoms with Gasteiger partial charge in [0.05, 0.1) is 6.61 Å².